The summed E-state index contributed by atoms with van der Waals surface area (Å²) >= 11 is 3.40. The molecule has 114 valence electrons. The molecule has 0 spiro atoms. The van der Waals surface area contributed by atoms with Crippen molar-refractivity contribution in [1.29, 1.82) is 0 Å². The van der Waals surface area contributed by atoms with E-state index in [9.17, 15) is 4.79 Å². The summed E-state index contributed by atoms with van der Waals surface area (Å²) in [5.74, 6) is 2.74. The molecular formula is C15H19BrN2O3. The highest BCUT2D eigenvalue weighted by atomic mass is 79.9. The molecule has 1 heterocycles. The van der Waals surface area contributed by atoms with E-state index in [4.69, 9.17) is 15.2 Å². The lowest BCUT2D eigenvalue weighted by Gasteiger charge is -2.19. The minimum Gasteiger partial charge on any atom is -0.492 e. The molecule has 2 aliphatic rings. The van der Waals surface area contributed by atoms with Crippen LogP contribution in [0.3, 0.4) is 0 Å². The van der Waals surface area contributed by atoms with Crippen LogP contribution in [0.25, 0.3) is 0 Å². The molecule has 0 bridgehead atoms. The Balaban J connectivity index is 1.33. The summed E-state index contributed by atoms with van der Waals surface area (Å²) in [6.07, 6.45) is -0.667. The molecule has 21 heavy (non-hydrogen) atoms. The lowest BCUT2D eigenvalue weighted by molar-refractivity contribution is 0.139. The van der Waals surface area contributed by atoms with Gasteiger partial charge in [-0.15, -0.1) is 0 Å². The molecule has 2 unspecified atom stereocenters. The van der Waals surface area contributed by atoms with Crippen molar-refractivity contribution in [3.63, 3.8) is 0 Å². The highest BCUT2D eigenvalue weighted by Gasteiger charge is 2.55. The quantitative estimate of drug-likeness (QED) is 0.849. The maximum Gasteiger partial charge on any atom is 0.404 e. The number of carbonyl (C=O) groups excluding carboxylic acids is 1. The van der Waals surface area contributed by atoms with E-state index in [1.807, 2.05) is 24.3 Å². The molecule has 5 nitrogen and oxygen atoms in total. The Labute approximate surface area is 132 Å². The van der Waals surface area contributed by atoms with Gasteiger partial charge in [-0.3, -0.25) is 4.90 Å². The van der Waals surface area contributed by atoms with Crippen LogP contribution in [-0.4, -0.2) is 43.8 Å². The van der Waals surface area contributed by atoms with Crippen molar-refractivity contribution in [3.05, 3.63) is 28.7 Å². The number of benzene rings is 1. The molecule has 1 aliphatic heterocycles. The maximum absolute atomic E-state index is 10.6. The highest BCUT2D eigenvalue weighted by Crippen LogP contribution is 2.51. The van der Waals surface area contributed by atoms with E-state index in [-0.39, 0.29) is 0 Å². The fraction of sp³-hybridized carbons (Fsp3) is 0.533. The number of carbonyl (C=O) groups is 1. The fourth-order valence-corrected chi connectivity index (χ4v) is 3.43. The first-order valence-corrected chi connectivity index (χ1v) is 7.96. The minimum absolute atomic E-state index is 0.480. The van der Waals surface area contributed by atoms with Crippen LogP contribution in [0, 0.1) is 17.8 Å². The first kappa shape index (κ1) is 14.7. The van der Waals surface area contributed by atoms with Crippen molar-refractivity contribution in [2.45, 2.75) is 0 Å². The predicted molar refractivity (Wildman–Crippen MR) is 82.1 cm³/mol. The number of nitrogens with zero attached hydrogens (tertiary/aromatic N) is 1. The molecule has 1 aromatic rings. The number of fused-ring (bicyclic) bond motifs is 1. The normalized spacial score (nSPS) is 27.2. The first-order chi connectivity index (χ1) is 10.1. The van der Waals surface area contributed by atoms with Crippen LogP contribution in [0.2, 0.25) is 0 Å². The van der Waals surface area contributed by atoms with E-state index in [1.165, 1.54) is 0 Å². The summed E-state index contributed by atoms with van der Waals surface area (Å²) in [5, 5.41) is 0. The Morgan fingerprint density at radius 1 is 1.29 bits per heavy atom. The molecule has 1 saturated carbocycles. The van der Waals surface area contributed by atoms with Gasteiger partial charge in [0.15, 0.2) is 0 Å². The Kier molecular flexibility index (Phi) is 4.35. The molecule has 1 amide bonds. The Hall–Kier alpha value is -1.27. The number of ether oxygens (including phenoxy) is 2. The zero-order valence-corrected chi connectivity index (χ0v) is 13.3. The van der Waals surface area contributed by atoms with Crippen molar-refractivity contribution >= 4 is 22.0 Å². The highest BCUT2D eigenvalue weighted by molar-refractivity contribution is 9.10. The number of hydrogen-bond donors (Lipinski definition) is 1. The van der Waals surface area contributed by atoms with Gasteiger partial charge in [-0.2, -0.15) is 0 Å². The van der Waals surface area contributed by atoms with Gasteiger partial charge in [0.1, 0.15) is 12.4 Å². The van der Waals surface area contributed by atoms with Crippen LogP contribution >= 0.6 is 15.9 Å². The van der Waals surface area contributed by atoms with Crippen LogP contribution in [0.1, 0.15) is 0 Å². The topological polar surface area (TPSA) is 64.8 Å². The van der Waals surface area contributed by atoms with Gasteiger partial charge in [-0.05, 0) is 36.1 Å². The third-order valence-electron chi connectivity index (χ3n) is 4.35. The fourth-order valence-electron chi connectivity index (χ4n) is 3.17. The smallest absolute Gasteiger partial charge is 0.404 e. The van der Waals surface area contributed by atoms with Gasteiger partial charge in [-0.1, -0.05) is 15.9 Å². The standard InChI is InChI=1S/C15H19BrN2O3/c16-10-1-3-11(4-2-10)20-6-5-18-7-12-13(8-18)14(12)9-21-15(17)19/h1-4,12-14H,5-9H2,(H2,17,19). The molecule has 3 rings (SSSR count). The van der Waals surface area contributed by atoms with Crippen molar-refractivity contribution in [2.24, 2.45) is 23.5 Å². The zero-order valence-electron chi connectivity index (χ0n) is 11.7. The molecule has 0 radical (unpaired) electrons. The molecule has 1 aliphatic carbocycles. The first-order valence-electron chi connectivity index (χ1n) is 7.16. The van der Waals surface area contributed by atoms with Crippen molar-refractivity contribution in [2.75, 3.05) is 32.8 Å². The van der Waals surface area contributed by atoms with Crippen molar-refractivity contribution in [3.8, 4) is 5.75 Å². The average Bonchev–Trinajstić information content (AvgIpc) is 2.90. The minimum atomic E-state index is -0.667. The van der Waals surface area contributed by atoms with E-state index in [1.54, 1.807) is 0 Å². The Bertz CT molecular complexity index is 496. The van der Waals surface area contributed by atoms with Gasteiger partial charge in [0.05, 0.1) is 6.61 Å². The summed E-state index contributed by atoms with van der Waals surface area (Å²) in [4.78, 5) is 13.0. The molecule has 0 aromatic heterocycles. The van der Waals surface area contributed by atoms with E-state index >= 15 is 0 Å². The van der Waals surface area contributed by atoms with E-state index < -0.39 is 6.09 Å². The molecule has 1 saturated heterocycles. The largest absolute Gasteiger partial charge is 0.492 e. The number of hydrogen-bond acceptors (Lipinski definition) is 4. The number of rotatable bonds is 6. The summed E-state index contributed by atoms with van der Waals surface area (Å²) in [6.45, 7) is 4.26. The van der Waals surface area contributed by atoms with Gasteiger partial charge in [0.2, 0.25) is 0 Å². The summed E-state index contributed by atoms with van der Waals surface area (Å²) < 4.78 is 11.7. The summed E-state index contributed by atoms with van der Waals surface area (Å²) in [5.41, 5.74) is 4.99. The lowest BCUT2D eigenvalue weighted by Crippen LogP contribution is -2.30. The van der Waals surface area contributed by atoms with Gasteiger partial charge in [0.25, 0.3) is 0 Å². The van der Waals surface area contributed by atoms with Crippen molar-refractivity contribution in [1.82, 2.24) is 4.90 Å². The number of halogens is 1. The predicted octanol–water partition coefficient (Wildman–Crippen LogP) is 2.10. The second-order valence-corrected chi connectivity index (χ2v) is 6.60. The van der Waals surface area contributed by atoms with Crippen LogP contribution in [-0.2, 0) is 4.74 Å². The van der Waals surface area contributed by atoms with Crippen molar-refractivity contribution < 1.29 is 14.3 Å². The van der Waals surface area contributed by atoms with E-state index in [2.05, 4.69) is 20.8 Å². The van der Waals surface area contributed by atoms with Crippen LogP contribution < -0.4 is 10.5 Å². The van der Waals surface area contributed by atoms with Gasteiger partial charge in [-0.25, -0.2) is 4.79 Å². The third kappa shape index (κ3) is 3.68. The zero-order chi connectivity index (χ0) is 14.8. The Morgan fingerprint density at radius 2 is 1.95 bits per heavy atom. The second-order valence-electron chi connectivity index (χ2n) is 5.68. The van der Waals surface area contributed by atoms with Gasteiger partial charge < -0.3 is 15.2 Å². The summed E-state index contributed by atoms with van der Waals surface area (Å²) in [7, 11) is 0. The molecule has 1 aromatic carbocycles. The maximum atomic E-state index is 10.6. The SMILES string of the molecule is NC(=O)OCC1C2CN(CCOc3ccc(Br)cc3)CC12. The van der Waals surface area contributed by atoms with Gasteiger partial charge >= 0.3 is 6.09 Å². The molecule has 2 N–H and O–H groups in total. The number of piperidine rings is 1. The molecule has 2 fully saturated rings. The van der Waals surface area contributed by atoms with Crippen LogP contribution in [0.15, 0.2) is 28.7 Å². The number of likely N-dealkylation sites (tertiary alicyclic amines) is 1. The lowest BCUT2D eigenvalue weighted by atomic mass is 10.3. The van der Waals surface area contributed by atoms with Crippen LogP contribution in [0.4, 0.5) is 4.79 Å². The third-order valence-corrected chi connectivity index (χ3v) is 4.88. The van der Waals surface area contributed by atoms with E-state index in [0.29, 0.717) is 31.0 Å². The van der Waals surface area contributed by atoms with Crippen LogP contribution in [0.5, 0.6) is 5.75 Å². The van der Waals surface area contributed by atoms with E-state index in [0.717, 1.165) is 29.9 Å². The monoisotopic (exact) mass is 354 g/mol. The number of amides is 1. The number of nitrogens with two attached hydrogens (primary N) is 1. The molecule has 2 atom stereocenters. The summed E-state index contributed by atoms with van der Waals surface area (Å²) in [6, 6.07) is 7.87. The molecule has 6 heteroatoms. The number of primary amides is 1. The average molecular weight is 355 g/mol. The Morgan fingerprint density at radius 3 is 2.57 bits per heavy atom. The van der Waals surface area contributed by atoms with Gasteiger partial charge in [0, 0.05) is 30.0 Å². The second kappa shape index (κ2) is 6.23. The molecular weight excluding hydrogens is 336 g/mol.